The second kappa shape index (κ2) is 11.0. The first-order valence-electron chi connectivity index (χ1n) is 11.7. The Hall–Kier alpha value is -4.71. The molecule has 0 aliphatic carbocycles. The van der Waals surface area contributed by atoms with Crippen LogP contribution in [0.5, 0.6) is 11.6 Å². The topological polar surface area (TPSA) is 114 Å². The van der Waals surface area contributed by atoms with Crippen LogP contribution in [0.25, 0.3) is 10.8 Å². The summed E-state index contributed by atoms with van der Waals surface area (Å²) in [6.07, 6.45) is 1.18. The van der Waals surface area contributed by atoms with Crippen LogP contribution in [0.15, 0.2) is 85.2 Å². The summed E-state index contributed by atoms with van der Waals surface area (Å²) >= 11 is 12.6. The van der Waals surface area contributed by atoms with E-state index in [1.165, 1.54) is 6.33 Å². The molecular formula is C29H19Cl2N5O3. The zero-order valence-corrected chi connectivity index (χ0v) is 21.9. The van der Waals surface area contributed by atoms with Crippen molar-refractivity contribution in [1.82, 2.24) is 9.97 Å². The van der Waals surface area contributed by atoms with Crippen molar-refractivity contribution in [2.75, 3.05) is 5.32 Å². The smallest absolute Gasteiger partial charge is 0.373 e. The number of halogens is 2. The zero-order chi connectivity index (χ0) is 27.5. The van der Waals surface area contributed by atoms with Gasteiger partial charge in [-0.25, -0.2) is 4.98 Å². The number of nitro groups is 1. The van der Waals surface area contributed by atoms with Crippen molar-refractivity contribution in [3.05, 3.63) is 122 Å². The Morgan fingerprint density at radius 3 is 2.46 bits per heavy atom. The van der Waals surface area contributed by atoms with Crippen LogP contribution in [0.4, 0.5) is 17.2 Å². The predicted octanol–water partition coefficient (Wildman–Crippen LogP) is 8.34. The summed E-state index contributed by atoms with van der Waals surface area (Å²) in [7, 11) is 0. The van der Waals surface area contributed by atoms with Crippen molar-refractivity contribution >= 4 is 51.2 Å². The molecular weight excluding hydrogens is 537 g/mol. The average molecular weight is 556 g/mol. The number of fused-ring (bicyclic) bond motifs is 1. The molecule has 0 bridgehead atoms. The standard InChI is InChI=1S/C29H19Cl2N5O3/c1-17-12-23(24(15-32)19-6-9-21(30)10-7-19)25(31)14-26(17)35-28-27(36(37)38)29(34-16-33-28)39-22-11-8-18-4-2-3-5-20(18)13-22/h2-14,16,24H,1H3,(H,33,34,35). The van der Waals surface area contributed by atoms with Gasteiger partial charge in [-0.2, -0.15) is 10.2 Å². The van der Waals surface area contributed by atoms with Crippen molar-refractivity contribution in [3.63, 3.8) is 0 Å². The van der Waals surface area contributed by atoms with Gasteiger partial charge in [0.15, 0.2) is 0 Å². The van der Waals surface area contributed by atoms with Crippen LogP contribution >= 0.6 is 23.2 Å². The number of hydrogen-bond acceptors (Lipinski definition) is 7. The fourth-order valence-corrected chi connectivity index (χ4v) is 4.60. The van der Waals surface area contributed by atoms with Crippen LogP contribution in [0, 0.1) is 28.4 Å². The van der Waals surface area contributed by atoms with Gasteiger partial charge in [-0.3, -0.25) is 10.1 Å². The van der Waals surface area contributed by atoms with Crippen LogP contribution < -0.4 is 10.1 Å². The summed E-state index contributed by atoms with van der Waals surface area (Å²) in [5, 5.41) is 27.8. The molecule has 39 heavy (non-hydrogen) atoms. The second-order valence-electron chi connectivity index (χ2n) is 8.67. The van der Waals surface area contributed by atoms with Crippen molar-refractivity contribution in [3.8, 4) is 17.7 Å². The Kier molecular flexibility index (Phi) is 7.28. The molecule has 0 aliphatic rings. The van der Waals surface area contributed by atoms with E-state index in [0.717, 1.165) is 16.3 Å². The third-order valence-electron chi connectivity index (χ3n) is 6.15. The van der Waals surface area contributed by atoms with E-state index in [4.69, 9.17) is 27.9 Å². The number of rotatable bonds is 7. The highest BCUT2D eigenvalue weighted by Gasteiger charge is 2.26. The Labute approximate surface area is 233 Å². The van der Waals surface area contributed by atoms with Gasteiger partial charge < -0.3 is 10.1 Å². The maximum absolute atomic E-state index is 12.1. The highest BCUT2D eigenvalue weighted by Crippen LogP contribution is 2.39. The number of aryl methyl sites for hydroxylation is 1. The highest BCUT2D eigenvalue weighted by atomic mass is 35.5. The second-order valence-corrected chi connectivity index (χ2v) is 9.52. The highest BCUT2D eigenvalue weighted by molar-refractivity contribution is 6.32. The lowest BCUT2D eigenvalue weighted by Crippen LogP contribution is -2.05. The van der Waals surface area contributed by atoms with Crippen LogP contribution in [0.3, 0.4) is 0 Å². The first-order chi connectivity index (χ1) is 18.8. The Morgan fingerprint density at radius 1 is 1.00 bits per heavy atom. The third-order valence-corrected chi connectivity index (χ3v) is 6.73. The summed E-state index contributed by atoms with van der Waals surface area (Å²) in [5.74, 6) is -0.500. The largest absolute Gasteiger partial charge is 0.434 e. The quantitative estimate of drug-likeness (QED) is 0.158. The molecule has 4 aromatic carbocycles. The molecule has 5 aromatic rings. The van der Waals surface area contributed by atoms with Gasteiger partial charge in [0, 0.05) is 15.7 Å². The lowest BCUT2D eigenvalue weighted by Gasteiger charge is -2.16. The number of anilines is 2. The molecule has 1 N–H and O–H groups in total. The van der Waals surface area contributed by atoms with Gasteiger partial charge in [0.1, 0.15) is 12.1 Å². The summed E-state index contributed by atoms with van der Waals surface area (Å²) in [5.41, 5.74) is 2.10. The van der Waals surface area contributed by atoms with Crippen molar-refractivity contribution in [2.24, 2.45) is 0 Å². The molecule has 8 nitrogen and oxygen atoms in total. The van der Waals surface area contributed by atoms with Crippen molar-refractivity contribution < 1.29 is 9.66 Å². The van der Waals surface area contributed by atoms with E-state index in [1.54, 1.807) is 55.5 Å². The number of nitrogens with one attached hydrogen (secondary N) is 1. The molecule has 0 radical (unpaired) electrons. The summed E-state index contributed by atoms with van der Waals surface area (Å²) < 4.78 is 5.83. The molecule has 0 amide bonds. The molecule has 0 aliphatic heterocycles. The SMILES string of the molecule is Cc1cc(C(C#N)c2ccc(Cl)cc2)c(Cl)cc1Nc1ncnc(Oc2ccc3ccccc3c2)c1[N+](=O)[O-]. The summed E-state index contributed by atoms with van der Waals surface area (Å²) in [4.78, 5) is 19.6. The number of nitriles is 1. The molecule has 1 aromatic heterocycles. The molecule has 192 valence electrons. The van der Waals surface area contributed by atoms with Crippen molar-refractivity contribution in [1.29, 1.82) is 5.26 Å². The monoisotopic (exact) mass is 555 g/mol. The maximum Gasteiger partial charge on any atom is 0.373 e. The van der Waals surface area contributed by atoms with E-state index in [1.807, 2.05) is 30.3 Å². The van der Waals surface area contributed by atoms with Gasteiger partial charge in [-0.1, -0.05) is 71.7 Å². The van der Waals surface area contributed by atoms with Gasteiger partial charge in [0.05, 0.1) is 16.9 Å². The molecule has 0 saturated carbocycles. The molecule has 1 heterocycles. The van der Waals surface area contributed by atoms with Gasteiger partial charge in [0.25, 0.3) is 0 Å². The number of nitrogens with zero attached hydrogens (tertiary/aromatic N) is 4. The lowest BCUT2D eigenvalue weighted by atomic mass is 9.91. The molecule has 0 spiro atoms. The maximum atomic E-state index is 12.1. The summed E-state index contributed by atoms with van der Waals surface area (Å²) in [6.45, 7) is 1.80. The lowest BCUT2D eigenvalue weighted by molar-refractivity contribution is -0.385. The fraction of sp³-hybridized carbons (Fsp3) is 0.0690. The number of aromatic nitrogens is 2. The minimum Gasteiger partial charge on any atom is -0.434 e. The van der Waals surface area contributed by atoms with E-state index in [0.29, 0.717) is 32.6 Å². The minimum atomic E-state index is -0.627. The number of ether oxygens (including phenoxy) is 1. The third kappa shape index (κ3) is 5.46. The van der Waals surface area contributed by atoms with Gasteiger partial charge >= 0.3 is 11.6 Å². The average Bonchev–Trinajstić information content (AvgIpc) is 2.92. The van der Waals surface area contributed by atoms with E-state index >= 15 is 0 Å². The Bertz CT molecular complexity index is 1750. The van der Waals surface area contributed by atoms with Crippen LogP contribution in [0.1, 0.15) is 22.6 Å². The Morgan fingerprint density at radius 2 is 1.74 bits per heavy atom. The summed E-state index contributed by atoms with van der Waals surface area (Å²) in [6, 6.07) is 25.7. The van der Waals surface area contributed by atoms with E-state index < -0.39 is 16.5 Å². The molecule has 0 saturated heterocycles. The van der Waals surface area contributed by atoms with E-state index in [-0.39, 0.29) is 11.7 Å². The molecule has 5 rings (SSSR count). The Balaban J connectivity index is 1.47. The first kappa shape index (κ1) is 25.9. The minimum absolute atomic E-state index is 0.0627. The molecule has 1 unspecified atom stereocenters. The predicted molar refractivity (Wildman–Crippen MR) is 151 cm³/mol. The molecule has 10 heteroatoms. The van der Waals surface area contributed by atoms with Gasteiger partial charge in [0.2, 0.25) is 5.82 Å². The van der Waals surface area contributed by atoms with Crippen LogP contribution in [0.2, 0.25) is 10.0 Å². The van der Waals surface area contributed by atoms with Crippen LogP contribution in [-0.2, 0) is 0 Å². The zero-order valence-electron chi connectivity index (χ0n) is 20.4. The number of benzene rings is 4. The molecule has 0 fully saturated rings. The van der Waals surface area contributed by atoms with E-state index in [2.05, 4.69) is 21.4 Å². The van der Waals surface area contributed by atoms with Crippen molar-refractivity contribution in [2.45, 2.75) is 12.8 Å². The number of hydrogen-bond donors (Lipinski definition) is 1. The normalized spacial score (nSPS) is 11.5. The van der Waals surface area contributed by atoms with Gasteiger partial charge in [-0.15, -0.1) is 0 Å². The molecule has 1 atom stereocenters. The fourth-order valence-electron chi connectivity index (χ4n) is 4.20. The van der Waals surface area contributed by atoms with Gasteiger partial charge in [-0.05, 0) is 64.7 Å². The van der Waals surface area contributed by atoms with E-state index in [9.17, 15) is 15.4 Å². The van der Waals surface area contributed by atoms with Crippen LogP contribution in [-0.4, -0.2) is 14.9 Å². The first-order valence-corrected chi connectivity index (χ1v) is 12.5.